The van der Waals surface area contributed by atoms with Gasteiger partial charge in [-0.1, -0.05) is 0 Å². The summed E-state index contributed by atoms with van der Waals surface area (Å²) < 4.78 is 44.5. The van der Waals surface area contributed by atoms with Crippen LogP contribution in [0.2, 0.25) is 0 Å². The normalized spacial score (nSPS) is 39.1. The molecular weight excluding hydrogens is 311 g/mol. The van der Waals surface area contributed by atoms with Crippen molar-refractivity contribution in [3.05, 3.63) is 0 Å². The van der Waals surface area contributed by atoms with Crippen molar-refractivity contribution in [3.8, 4) is 0 Å². The average Bonchev–Trinajstić information content (AvgIpc) is 3.31. The molecule has 0 spiro atoms. The lowest BCUT2D eigenvalue weighted by Crippen LogP contribution is -2.18. The second-order valence-corrected chi connectivity index (χ2v) is 7.47. The fraction of sp³-hybridized carbons (Fsp3) is 1.00. The first-order valence-electron chi connectivity index (χ1n) is 8.08. The molecule has 0 aromatic heterocycles. The molecule has 0 N–H and O–H groups in total. The van der Waals surface area contributed by atoms with Crippen molar-refractivity contribution in [3.63, 3.8) is 0 Å². The predicted molar refractivity (Wildman–Crippen MR) is 76.2 cm³/mol. The molecule has 0 saturated carbocycles. The van der Waals surface area contributed by atoms with Crippen molar-refractivity contribution in [2.24, 2.45) is 0 Å². The van der Waals surface area contributed by atoms with Gasteiger partial charge in [-0.25, -0.2) is 0 Å². The summed E-state index contributed by atoms with van der Waals surface area (Å²) in [6, 6.07) is 0. The first-order chi connectivity index (χ1) is 10.7. The summed E-state index contributed by atoms with van der Waals surface area (Å²) >= 11 is 0. The molecule has 0 aliphatic carbocycles. The topological polar surface area (TPSA) is 85.7 Å². The third kappa shape index (κ3) is 5.57. The Morgan fingerprint density at radius 1 is 0.727 bits per heavy atom. The zero-order valence-electron chi connectivity index (χ0n) is 12.5. The smallest absolute Gasteiger partial charge is 0.319 e. The molecule has 4 heterocycles. The zero-order valence-corrected chi connectivity index (χ0v) is 13.5. The molecule has 0 aromatic rings. The summed E-state index contributed by atoms with van der Waals surface area (Å²) in [4.78, 5) is 0. The van der Waals surface area contributed by atoms with Crippen LogP contribution in [0.1, 0.15) is 25.7 Å². The molecular formula is C14H23O7P. The highest BCUT2D eigenvalue weighted by Gasteiger charge is 2.36. The van der Waals surface area contributed by atoms with Crippen molar-refractivity contribution in [1.82, 2.24) is 0 Å². The number of hydrogen-bond acceptors (Lipinski definition) is 7. The fourth-order valence-corrected chi connectivity index (χ4v) is 3.66. The van der Waals surface area contributed by atoms with Crippen molar-refractivity contribution >= 4 is 8.25 Å². The van der Waals surface area contributed by atoms with Gasteiger partial charge in [0.05, 0.1) is 63.1 Å². The van der Waals surface area contributed by atoms with Crippen LogP contribution in [0.15, 0.2) is 0 Å². The highest BCUT2D eigenvalue weighted by molar-refractivity contribution is 7.33. The van der Waals surface area contributed by atoms with Crippen LogP contribution in [0, 0.1) is 0 Å². The van der Waals surface area contributed by atoms with Gasteiger partial charge >= 0.3 is 8.25 Å². The minimum Gasteiger partial charge on any atom is -0.373 e. The zero-order chi connectivity index (χ0) is 14.9. The van der Waals surface area contributed by atoms with Crippen molar-refractivity contribution in [2.45, 2.75) is 62.3 Å². The lowest BCUT2D eigenvalue weighted by Gasteiger charge is -2.19. The number of hydrogen-bond donors (Lipinski definition) is 0. The van der Waals surface area contributed by atoms with E-state index in [1.54, 1.807) is 0 Å². The third-order valence-electron chi connectivity index (χ3n) is 4.24. The van der Waals surface area contributed by atoms with Gasteiger partial charge in [0.2, 0.25) is 0 Å². The SMILES string of the molecule is O=[PH](OC(CC1CO1)CC1CO1)OC(CC1CO1)CC1CO1. The Kier molecular flexibility index (Phi) is 4.83. The van der Waals surface area contributed by atoms with Crippen LogP contribution in [-0.2, 0) is 32.6 Å². The molecule has 0 bridgehead atoms. The molecule has 4 rings (SSSR count). The van der Waals surface area contributed by atoms with Gasteiger partial charge in [-0.15, -0.1) is 0 Å². The summed E-state index contributed by atoms with van der Waals surface area (Å²) in [6.07, 6.45) is 3.82. The minimum absolute atomic E-state index is 0.110. The van der Waals surface area contributed by atoms with Crippen LogP contribution in [0.3, 0.4) is 0 Å². The van der Waals surface area contributed by atoms with Gasteiger partial charge < -0.3 is 28.0 Å². The molecule has 4 aliphatic heterocycles. The predicted octanol–water partition coefficient (Wildman–Crippen LogP) is 1.30. The van der Waals surface area contributed by atoms with Gasteiger partial charge in [-0.2, -0.15) is 0 Å². The Morgan fingerprint density at radius 2 is 1.00 bits per heavy atom. The molecule has 4 saturated heterocycles. The van der Waals surface area contributed by atoms with Crippen LogP contribution in [0.5, 0.6) is 0 Å². The molecule has 4 fully saturated rings. The summed E-state index contributed by atoms with van der Waals surface area (Å²) in [5.74, 6) is 0. The Bertz CT molecular complexity index is 340. The Morgan fingerprint density at radius 3 is 1.23 bits per heavy atom. The van der Waals surface area contributed by atoms with Crippen molar-refractivity contribution in [1.29, 1.82) is 0 Å². The average molecular weight is 334 g/mol. The fourth-order valence-electron chi connectivity index (χ4n) is 2.67. The van der Waals surface area contributed by atoms with E-state index in [0.29, 0.717) is 0 Å². The molecule has 0 aromatic carbocycles. The van der Waals surface area contributed by atoms with Crippen molar-refractivity contribution < 1.29 is 32.6 Å². The van der Waals surface area contributed by atoms with Crippen LogP contribution < -0.4 is 0 Å². The van der Waals surface area contributed by atoms with Gasteiger partial charge in [0.1, 0.15) is 0 Å². The molecule has 126 valence electrons. The van der Waals surface area contributed by atoms with E-state index in [-0.39, 0.29) is 36.6 Å². The molecule has 7 nitrogen and oxygen atoms in total. The summed E-state index contributed by atoms with van der Waals surface area (Å²) in [5.41, 5.74) is 0. The van der Waals surface area contributed by atoms with Crippen LogP contribution in [0.25, 0.3) is 0 Å². The van der Waals surface area contributed by atoms with E-state index in [0.717, 1.165) is 52.1 Å². The van der Waals surface area contributed by atoms with E-state index >= 15 is 0 Å². The van der Waals surface area contributed by atoms with Gasteiger partial charge in [0, 0.05) is 25.7 Å². The number of rotatable bonds is 12. The standard InChI is InChI=1S/C14H23O7P/c15-22(20-9(1-11-5-16-11)2-12-6-17-12)21-10(3-13-7-18-13)4-14-8-19-14/h9-14,22H,1-8H2. The first-order valence-corrected chi connectivity index (χ1v) is 9.31. The molecule has 4 aliphatic rings. The largest absolute Gasteiger partial charge is 0.373 e. The maximum Gasteiger partial charge on any atom is 0.319 e. The lowest BCUT2D eigenvalue weighted by molar-refractivity contribution is 0.0959. The molecule has 8 heteroatoms. The summed E-state index contributed by atoms with van der Waals surface area (Å²) in [7, 11) is -2.53. The Balaban J connectivity index is 1.24. The number of ether oxygens (including phenoxy) is 4. The van der Waals surface area contributed by atoms with Crippen LogP contribution in [0.4, 0.5) is 0 Å². The second-order valence-electron chi connectivity index (χ2n) is 6.49. The number of epoxide rings is 4. The van der Waals surface area contributed by atoms with Crippen LogP contribution >= 0.6 is 8.25 Å². The summed E-state index contributed by atoms with van der Waals surface area (Å²) in [6.45, 7) is 3.09. The van der Waals surface area contributed by atoms with E-state index in [4.69, 9.17) is 28.0 Å². The molecule has 0 amide bonds. The highest BCUT2D eigenvalue weighted by atomic mass is 31.1. The van der Waals surface area contributed by atoms with E-state index in [1.807, 2.05) is 0 Å². The van der Waals surface area contributed by atoms with Gasteiger partial charge in [0.25, 0.3) is 0 Å². The maximum absolute atomic E-state index is 12.2. The van der Waals surface area contributed by atoms with Crippen LogP contribution in [-0.4, -0.2) is 63.1 Å². The van der Waals surface area contributed by atoms with Gasteiger partial charge in [-0.3, -0.25) is 4.57 Å². The Labute approximate surface area is 130 Å². The van der Waals surface area contributed by atoms with Crippen molar-refractivity contribution in [2.75, 3.05) is 26.4 Å². The quantitative estimate of drug-likeness (QED) is 0.393. The van der Waals surface area contributed by atoms with E-state index in [9.17, 15) is 4.57 Å². The highest BCUT2D eigenvalue weighted by Crippen LogP contribution is 2.37. The second kappa shape index (κ2) is 6.85. The molecule has 0 radical (unpaired) electrons. The lowest BCUT2D eigenvalue weighted by atomic mass is 10.1. The molecule has 4 unspecified atom stereocenters. The van der Waals surface area contributed by atoms with Gasteiger partial charge in [0.15, 0.2) is 0 Å². The molecule has 22 heavy (non-hydrogen) atoms. The molecule has 4 atom stereocenters. The first kappa shape index (κ1) is 15.5. The summed E-state index contributed by atoms with van der Waals surface area (Å²) in [5, 5.41) is 0. The van der Waals surface area contributed by atoms with E-state index in [1.165, 1.54) is 0 Å². The minimum atomic E-state index is -2.53. The van der Waals surface area contributed by atoms with E-state index in [2.05, 4.69) is 0 Å². The monoisotopic (exact) mass is 334 g/mol. The third-order valence-corrected chi connectivity index (χ3v) is 5.29. The van der Waals surface area contributed by atoms with Gasteiger partial charge in [-0.05, 0) is 0 Å². The Hall–Kier alpha value is -0.0100. The van der Waals surface area contributed by atoms with E-state index < -0.39 is 8.25 Å². The maximum atomic E-state index is 12.2.